The number of hydrogen-bond acceptors (Lipinski definition) is 4. The van der Waals surface area contributed by atoms with Crippen molar-refractivity contribution in [1.82, 2.24) is 0 Å². The monoisotopic (exact) mass is 506 g/mol. The molecule has 1 atom stereocenters. The van der Waals surface area contributed by atoms with Crippen LogP contribution in [0, 0.1) is 0 Å². The van der Waals surface area contributed by atoms with E-state index in [0.717, 1.165) is 23.8 Å². The molecular formula is C26H20F6N2O2. The molecule has 1 aliphatic rings. The Kier molecular flexibility index (Phi) is 6.62. The Morgan fingerprint density at radius 2 is 1.22 bits per heavy atom. The van der Waals surface area contributed by atoms with Gasteiger partial charge in [-0.2, -0.15) is 26.3 Å². The third-order valence-corrected chi connectivity index (χ3v) is 5.45. The summed E-state index contributed by atoms with van der Waals surface area (Å²) in [5.74, 6) is -0.371. The maximum atomic E-state index is 13.3. The first-order chi connectivity index (χ1) is 16.9. The zero-order valence-corrected chi connectivity index (χ0v) is 18.5. The Balaban J connectivity index is 1.44. The lowest BCUT2D eigenvalue weighted by Gasteiger charge is -2.19. The predicted octanol–water partition coefficient (Wildman–Crippen LogP) is 7.69. The van der Waals surface area contributed by atoms with Crippen molar-refractivity contribution in [3.05, 3.63) is 101 Å². The molecule has 4 N–H and O–H groups in total. The van der Waals surface area contributed by atoms with Crippen molar-refractivity contribution in [3.8, 4) is 17.2 Å². The molecule has 0 aliphatic heterocycles. The van der Waals surface area contributed by atoms with E-state index in [2.05, 4.69) is 0 Å². The molecule has 0 spiro atoms. The molecule has 3 aromatic carbocycles. The van der Waals surface area contributed by atoms with E-state index in [-0.39, 0.29) is 40.3 Å². The van der Waals surface area contributed by atoms with Crippen LogP contribution < -0.4 is 20.9 Å². The summed E-state index contributed by atoms with van der Waals surface area (Å²) in [6.07, 6.45) is -3.80. The zero-order chi connectivity index (χ0) is 26.1. The number of halogens is 6. The van der Waals surface area contributed by atoms with Gasteiger partial charge in [0.05, 0.1) is 0 Å². The Bertz CT molecular complexity index is 1310. The Morgan fingerprint density at radius 1 is 0.694 bits per heavy atom. The first kappa shape index (κ1) is 25.0. The molecule has 36 heavy (non-hydrogen) atoms. The van der Waals surface area contributed by atoms with Gasteiger partial charge in [-0.15, -0.1) is 0 Å². The van der Waals surface area contributed by atoms with Crippen molar-refractivity contribution in [2.45, 2.75) is 24.7 Å². The fraction of sp³-hybridized carbons (Fsp3) is 0.154. The van der Waals surface area contributed by atoms with Gasteiger partial charge in [0.2, 0.25) is 0 Å². The smallest absolute Gasteiger partial charge is 0.420 e. The van der Waals surface area contributed by atoms with Crippen LogP contribution in [0.5, 0.6) is 17.2 Å². The van der Waals surface area contributed by atoms with Crippen molar-refractivity contribution >= 4 is 11.4 Å². The highest BCUT2D eigenvalue weighted by molar-refractivity contribution is 5.51. The molecule has 0 bridgehead atoms. The van der Waals surface area contributed by atoms with E-state index in [1.807, 2.05) is 0 Å². The molecule has 1 aliphatic carbocycles. The topological polar surface area (TPSA) is 70.5 Å². The van der Waals surface area contributed by atoms with Gasteiger partial charge in [0, 0.05) is 17.3 Å². The van der Waals surface area contributed by atoms with Crippen LogP contribution in [-0.4, -0.2) is 0 Å². The molecule has 4 rings (SSSR count). The minimum atomic E-state index is -4.63. The van der Waals surface area contributed by atoms with E-state index in [1.165, 1.54) is 18.2 Å². The van der Waals surface area contributed by atoms with Gasteiger partial charge < -0.3 is 20.9 Å². The molecule has 10 heteroatoms. The van der Waals surface area contributed by atoms with E-state index >= 15 is 0 Å². The van der Waals surface area contributed by atoms with Gasteiger partial charge in [0.25, 0.3) is 0 Å². The van der Waals surface area contributed by atoms with Gasteiger partial charge in [-0.05, 0) is 72.7 Å². The summed E-state index contributed by atoms with van der Waals surface area (Å²) in [4.78, 5) is 0. The van der Waals surface area contributed by atoms with Gasteiger partial charge in [-0.3, -0.25) is 0 Å². The SMILES string of the molecule is Nc1ccc(OC2=CCC(c3ccc(Oc4ccc(N)cc4C(F)(F)F)cc3)C=C2)c(C(F)(F)F)c1. The normalized spacial score (nSPS) is 15.9. The van der Waals surface area contributed by atoms with E-state index < -0.39 is 23.5 Å². The lowest BCUT2D eigenvalue weighted by molar-refractivity contribution is -0.139. The minimum absolute atomic E-state index is 0.0265. The molecule has 0 heterocycles. The number of ether oxygens (including phenoxy) is 2. The number of nitrogens with two attached hydrogens (primary N) is 2. The Morgan fingerprint density at radius 3 is 1.69 bits per heavy atom. The maximum absolute atomic E-state index is 13.3. The van der Waals surface area contributed by atoms with Crippen molar-refractivity contribution < 1.29 is 35.8 Å². The molecular weight excluding hydrogens is 486 g/mol. The van der Waals surface area contributed by atoms with Crippen LogP contribution in [0.4, 0.5) is 37.7 Å². The van der Waals surface area contributed by atoms with Gasteiger partial charge in [0.1, 0.15) is 34.1 Å². The number of allylic oxidation sites excluding steroid dienone is 3. The van der Waals surface area contributed by atoms with Gasteiger partial charge >= 0.3 is 12.4 Å². The summed E-state index contributed by atoms with van der Waals surface area (Å²) in [6, 6.07) is 13.1. The number of anilines is 2. The van der Waals surface area contributed by atoms with E-state index in [1.54, 1.807) is 42.5 Å². The lowest BCUT2D eigenvalue weighted by atomic mass is 9.92. The first-order valence-corrected chi connectivity index (χ1v) is 10.7. The third kappa shape index (κ3) is 5.76. The van der Waals surface area contributed by atoms with E-state index in [9.17, 15) is 26.3 Å². The zero-order valence-electron chi connectivity index (χ0n) is 18.5. The average Bonchev–Trinajstić information content (AvgIpc) is 2.81. The number of benzene rings is 3. The molecule has 4 nitrogen and oxygen atoms in total. The predicted molar refractivity (Wildman–Crippen MR) is 123 cm³/mol. The lowest BCUT2D eigenvalue weighted by Crippen LogP contribution is -2.10. The quantitative estimate of drug-likeness (QED) is 0.275. The fourth-order valence-electron chi connectivity index (χ4n) is 3.68. The average molecular weight is 506 g/mol. The van der Waals surface area contributed by atoms with Crippen molar-refractivity contribution in [1.29, 1.82) is 0 Å². The second-order valence-electron chi connectivity index (χ2n) is 8.09. The highest BCUT2D eigenvalue weighted by atomic mass is 19.4. The molecule has 0 fully saturated rings. The van der Waals surface area contributed by atoms with Gasteiger partial charge in [-0.25, -0.2) is 0 Å². The standard InChI is InChI=1S/C26H20F6N2O2/c27-25(28,29)21-13-17(33)5-11-23(21)35-19-7-1-15(2-8-19)16-3-9-20(10-4-16)36-24-12-6-18(34)14-22(24)26(30,31)32/h1-3,5-14,16H,4,33-34H2. The minimum Gasteiger partial charge on any atom is -0.457 e. The second-order valence-corrected chi connectivity index (χ2v) is 8.09. The van der Waals surface area contributed by atoms with Crippen molar-refractivity contribution in [2.24, 2.45) is 0 Å². The molecule has 1 unspecified atom stereocenters. The summed E-state index contributed by atoms with van der Waals surface area (Å²) < 4.78 is 90.6. The first-order valence-electron chi connectivity index (χ1n) is 10.7. The van der Waals surface area contributed by atoms with Crippen molar-refractivity contribution in [2.75, 3.05) is 11.5 Å². The maximum Gasteiger partial charge on any atom is 0.420 e. The molecule has 0 aromatic heterocycles. The van der Waals surface area contributed by atoms with Crippen LogP contribution in [0.1, 0.15) is 29.0 Å². The van der Waals surface area contributed by atoms with Gasteiger partial charge in [-0.1, -0.05) is 18.2 Å². The summed E-state index contributed by atoms with van der Waals surface area (Å²) in [6.45, 7) is 0. The molecule has 0 saturated heterocycles. The van der Waals surface area contributed by atoms with Crippen LogP contribution in [-0.2, 0) is 12.4 Å². The fourth-order valence-corrected chi connectivity index (χ4v) is 3.68. The van der Waals surface area contributed by atoms with Crippen molar-refractivity contribution in [3.63, 3.8) is 0 Å². The number of rotatable bonds is 5. The van der Waals surface area contributed by atoms with Gasteiger partial charge in [0.15, 0.2) is 0 Å². The summed E-state index contributed by atoms with van der Waals surface area (Å²) in [7, 11) is 0. The molecule has 0 radical (unpaired) electrons. The number of alkyl halides is 6. The third-order valence-electron chi connectivity index (χ3n) is 5.45. The molecule has 3 aromatic rings. The molecule has 188 valence electrons. The van der Waals surface area contributed by atoms with Crippen LogP contribution in [0.2, 0.25) is 0 Å². The largest absolute Gasteiger partial charge is 0.457 e. The van der Waals surface area contributed by atoms with Crippen LogP contribution in [0.15, 0.2) is 84.7 Å². The Hall–Kier alpha value is -4.08. The molecule has 0 amide bonds. The summed E-state index contributed by atoms with van der Waals surface area (Å²) >= 11 is 0. The van der Waals surface area contributed by atoms with E-state index in [4.69, 9.17) is 20.9 Å². The number of nitrogen functional groups attached to an aromatic ring is 2. The number of hydrogen-bond donors (Lipinski definition) is 2. The highest BCUT2D eigenvalue weighted by Gasteiger charge is 2.36. The van der Waals surface area contributed by atoms with Crippen LogP contribution in [0.25, 0.3) is 0 Å². The Labute approximate surface area is 202 Å². The summed E-state index contributed by atoms with van der Waals surface area (Å²) in [5, 5.41) is 0. The van der Waals surface area contributed by atoms with Crippen LogP contribution >= 0.6 is 0 Å². The van der Waals surface area contributed by atoms with E-state index in [0.29, 0.717) is 6.42 Å². The molecule has 0 saturated carbocycles. The second kappa shape index (κ2) is 9.52. The van der Waals surface area contributed by atoms with Crippen LogP contribution in [0.3, 0.4) is 0 Å². The summed E-state index contributed by atoms with van der Waals surface area (Å²) in [5.41, 5.74) is 9.79. The highest BCUT2D eigenvalue weighted by Crippen LogP contribution is 2.41.